The van der Waals surface area contributed by atoms with E-state index in [0.717, 1.165) is 68.1 Å². The van der Waals surface area contributed by atoms with Crippen LogP contribution < -0.4 is 19.7 Å². The van der Waals surface area contributed by atoms with E-state index in [1.807, 2.05) is 31.3 Å². The molecule has 0 aliphatic carbocycles. The van der Waals surface area contributed by atoms with E-state index >= 15 is 0 Å². The number of nitrogens with one attached hydrogen (secondary N) is 1. The van der Waals surface area contributed by atoms with E-state index in [4.69, 9.17) is 9.47 Å². The molecule has 1 aliphatic rings. The van der Waals surface area contributed by atoms with Gasteiger partial charge in [0.1, 0.15) is 11.5 Å². The average Bonchev–Trinajstić information content (AvgIpc) is 2.77. The summed E-state index contributed by atoms with van der Waals surface area (Å²) in [5, 5.41) is 3.46. The number of rotatable bonds is 6. The minimum Gasteiger partial charge on any atom is -0.497 e. The number of ether oxygens (including phenoxy) is 2. The second-order valence-corrected chi connectivity index (χ2v) is 6.42. The Kier molecular flexibility index (Phi) is 6.89. The predicted octanol–water partition coefficient (Wildman–Crippen LogP) is 1.43. The van der Waals surface area contributed by atoms with Crippen LogP contribution in [0.1, 0.15) is 5.56 Å². The fourth-order valence-corrected chi connectivity index (χ4v) is 3.29. The molecule has 1 saturated heterocycles. The van der Waals surface area contributed by atoms with E-state index in [1.165, 1.54) is 0 Å². The van der Waals surface area contributed by atoms with Crippen LogP contribution in [0.25, 0.3) is 0 Å². The lowest BCUT2D eigenvalue weighted by Gasteiger charge is -2.36. The Bertz CT molecular complexity index is 776. The predicted molar refractivity (Wildman–Crippen MR) is 110 cm³/mol. The van der Waals surface area contributed by atoms with Crippen LogP contribution in [0.2, 0.25) is 0 Å². The summed E-state index contributed by atoms with van der Waals surface area (Å²) >= 11 is 0. The van der Waals surface area contributed by atoms with Gasteiger partial charge < -0.3 is 24.6 Å². The molecule has 0 saturated carbocycles. The van der Waals surface area contributed by atoms with Gasteiger partial charge in [-0.2, -0.15) is 0 Å². The summed E-state index contributed by atoms with van der Waals surface area (Å²) in [4.78, 5) is 17.6. The van der Waals surface area contributed by atoms with E-state index in [9.17, 15) is 0 Å². The Morgan fingerprint density at radius 1 is 1.11 bits per heavy atom. The molecule has 0 amide bonds. The maximum absolute atomic E-state index is 5.46. The third-order valence-electron chi connectivity index (χ3n) is 4.79. The topological polar surface area (TPSA) is 75.1 Å². The van der Waals surface area contributed by atoms with Crippen LogP contribution in [0, 0.1) is 0 Å². The third kappa shape index (κ3) is 4.82. The monoisotopic (exact) mass is 384 g/mol. The molecular weight excluding hydrogens is 356 g/mol. The molecule has 1 N–H and O–H groups in total. The number of anilines is 1. The van der Waals surface area contributed by atoms with Crippen LogP contribution in [-0.4, -0.2) is 74.8 Å². The van der Waals surface area contributed by atoms with Crippen LogP contribution in [0.3, 0.4) is 0 Å². The number of hydrogen-bond donors (Lipinski definition) is 1. The van der Waals surface area contributed by atoms with Crippen LogP contribution in [0.5, 0.6) is 11.5 Å². The number of guanidine groups is 1. The molecule has 0 unspecified atom stereocenters. The quantitative estimate of drug-likeness (QED) is 0.596. The Morgan fingerprint density at radius 2 is 1.86 bits per heavy atom. The van der Waals surface area contributed by atoms with Crippen molar-refractivity contribution in [3.63, 3.8) is 0 Å². The number of hydrogen-bond acceptors (Lipinski definition) is 6. The molecule has 0 bridgehead atoms. The average molecular weight is 384 g/mol. The van der Waals surface area contributed by atoms with Crippen molar-refractivity contribution in [2.24, 2.45) is 4.99 Å². The highest BCUT2D eigenvalue weighted by Gasteiger charge is 2.21. The van der Waals surface area contributed by atoms with Gasteiger partial charge in [0.25, 0.3) is 0 Å². The second-order valence-electron chi connectivity index (χ2n) is 6.42. The van der Waals surface area contributed by atoms with Crippen molar-refractivity contribution in [1.82, 2.24) is 20.2 Å². The lowest BCUT2D eigenvalue weighted by atomic mass is 10.1. The molecule has 150 valence electrons. The van der Waals surface area contributed by atoms with Crippen molar-refractivity contribution < 1.29 is 9.47 Å². The molecule has 28 heavy (non-hydrogen) atoms. The molecule has 0 radical (unpaired) electrons. The zero-order valence-corrected chi connectivity index (χ0v) is 16.8. The zero-order valence-electron chi connectivity index (χ0n) is 16.8. The van der Waals surface area contributed by atoms with Crippen molar-refractivity contribution in [3.05, 3.63) is 42.2 Å². The molecule has 0 spiro atoms. The van der Waals surface area contributed by atoms with Crippen molar-refractivity contribution in [2.75, 3.05) is 58.9 Å². The van der Waals surface area contributed by atoms with Gasteiger partial charge in [-0.15, -0.1) is 0 Å². The van der Waals surface area contributed by atoms with E-state index in [0.29, 0.717) is 0 Å². The van der Waals surface area contributed by atoms with Gasteiger partial charge in [0.15, 0.2) is 5.96 Å². The van der Waals surface area contributed by atoms with Crippen LogP contribution >= 0.6 is 0 Å². The maximum Gasteiger partial charge on any atom is 0.225 e. The van der Waals surface area contributed by atoms with Gasteiger partial charge in [0.05, 0.1) is 14.2 Å². The van der Waals surface area contributed by atoms with Gasteiger partial charge in [-0.25, -0.2) is 9.97 Å². The van der Waals surface area contributed by atoms with E-state index < -0.39 is 0 Å². The van der Waals surface area contributed by atoms with Crippen LogP contribution in [0.4, 0.5) is 5.95 Å². The molecule has 1 fully saturated rings. The second kappa shape index (κ2) is 9.77. The summed E-state index contributed by atoms with van der Waals surface area (Å²) < 4.78 is 10.8. The fourth-order valence-electron chi connectivity index (χ4n) is 3.29. The van der Waals surface area contributed by atoms with Crippen molar-refractivity contribution in [2.45, 2.75) is 6.42 Å². The number of nitrogens with zero attached hydrogens (tertiary/aromatic N) is 5. The molecule has 1 aliphatic heterocycles. The Balaban J connectivity index is 1.52. The van der Waals surface area contributed by atoms with Crippen molar-refractivity contribution >= 4 is 11.9 Å². The minimum atomic E-state index is 0.762. The number of piperazine rings is 1. The molecule has 1 aromatic carbocycles. The Hall–Kier alpha value is -3.03. The molecule has 8 heteroatoms. The molecule has 3 rings (SSSR count). The normalized spacial score (nSPS) is 14.8. The van der Waals surface area contributed by atoms with E-state index in [-0.39, 0.29) is 0 Å². The maximum atomic E-state index is 5.46. The molecule has 2 aromatic rings. The van der Waals surface area contributed by atoms with E-state index in [2.05, 4.69) is 30.1 Å². The minimum absolute atomic E-state index is 0.762. The molecular formula is C20H28N6O2. The Labute approximate surface area is 166 Å². The van der Waals surface area contributed by atoms with Gasteiger partial charge in [0, 0.05) is 52.2 Å². The third-order valence-corrected chi connectivity index (χ3v) is 4.79. The molecule has 2 heterocycles. The number of aromatic nitrogens is 2. The van der Waals surface area contributed by atoms with Crippen LogP contribution in [-0.2, 0) is 6.42 Å². The summed E-state index contributed by atoms with van der Waals surface area (Å²) in [6, 6.07) is 7.70. The fraction of sp³-hybridized carbons (Fsp3) is 0.450. The molecule has 0 atom stereocenters. The first-order valence-corrected chi connectivity index (χ1v) is 9.43. The largest absolute Gasteiger partial charge is 0.497 e. The smallest absolute Gasteiger partial charge is 0.225 e. The van der Waals surface area contributed by atoms with Gasteiger partial charge in [-0.3, -0.25) is 4.99 Å². The standard InChI is InChI=1S/C20H28N6O2/c1-21-19(24-10-7-16-15-17(27-2)5-6-18(16)28-3)25-11-13-26(14-12-25)20-22-8-4-9-23-20/h4-6,8-9,15H,7,10-14H2,1-3H3,(H,21,24). The lowest BCUT2D eigenvalue weighted by Crippen LogP contribution is -2.53. The van der Waals surface area contributed by atoms with Crippen molar-refractivity contribution in [3.8, 4) is 11.5 Å². The highest BCUT2D eigenvalue weighted by molar-refractivity contribution is 5.80. The summed E-state index contributed by atoms with van der Waals surface area (Å²) in [6.45, 7) is 4.25. The van der Waals surface area contributed by atoms with Crippen LogP contribution in [0.15, 0.2) is 41.7 Å². The first-order valence-electron chi connectivity index (χ1n) is 9.43. The number of benzene rings is 1. The number of methoxy groups -OCH3 is 2. The highest BCUT2D eigenvalue weighted by atomic mass is 16.5. The summed E-state index contributed by atoms with van der Waals surface area (Å²) in [7, 11) is 5.18. The Morgan fingerprint density at radius 3 is 2.50 bits per heavy atom. The van der Waals surface area contributed by atoms with Gasteiger partial charge >= 0.3 is 0 Å². The SMILES string of the molecule is CN=C(NCCc1cc(OC)ccc1OC)N1CCN(c2ncccn2)CC1. The molecule has 8 nitrogen and oxygen atoms in total. The summed E-state index contributed by atoms with van der Waals surface area (Å²) in [6.07, 6.45) is 4.38. The molecule has 1 aromatic heterocycles. The van der Waals surface area contributed by atoms with Gasteiger partial charge in [-0.05, 0) is 36.2 Å². The highest BCUT2D eigenvalue weighted by Crippen LogP contribution is 2.24. The first-order chi connectivity index (χ1) is 13.7. The summed E-state index contributed by atoms with van der Waals surface area (Å²) in [5.41, 5.74) is 1.11. The number of aliphatic imine (C=N–C) groups is 1. The van der Waals surface area contributed by atoms with Crippen molar-refractivity contribution in [1.29, 1.82) is 0 Å². The van der Waals surface area contributed by atoms with E-state index in [1.54, 1.807) is 26.6 Å². The lowest BCUT2D eigenvalue weighted by molar-refractivity contribution is 0.370. The van der Waals surface area contributed by atoms with Gasteiger partial charge in [-0.1, -0.05) is 0 Å². The first kappa shape index (κ1) is 19.7. The van der Waals surface area contributed by atoms with Gasteiger partial charge in [0.2, 0.25) is 5.95 Å². The summed E-state index contributed by atoms with van der Waals surface area (Å²) in [5.74, 6) is 3.40. The zero-order chi connectivity index (χ0) is 19.8.